The van der Waals surface area contributed by atoms with Crippen molar-refractivity contribution in [2.45, 2.75) is 50.0 Å². The number of nitrogens with zero attached hydrogens (tertiary/aromatic N) is 6. The van der Waals surface area contributed by atoms with Crippen molar-refractivity contribution in [3.63, 3.8) is 0 Å². The molecule has 336 valence electrons. The Morgan fingerprint density at radius 2 is 1.68 bits per heavy atom. The number of piperazine rings is 1. The van der Waals surface area contributed by atoms with E-state index in [0.29, 0.717) is 84.1 Å². The molecule has 15 nitrogen and oxygen atoms in total. The van der Waals surface area contributed by atoms with Gasteiger partial charge in [-0.15, -0.1) is 11.3 Å². The van der Waals surface area contributed by atoms with Crippen molar-refractivity contribution in [1.29, 1.82) is 0 Å². The summed E-state index contributed by atoms with van der Waals surface area (Å²) in [6.07, 6.45) is 1.20. The maximum atomic E-state index is 15.8. The molecule has 18 heteroatoms. The van der Waals surface area contributed by atoms with Gasteiger partial charge in [0.05, 0.1) is 42.6 Å². The number of halogens is 2. The number of hydrogen-bond acceptors (Lipinski definition) is 13. The van der Waals surface area contributed by atoms with E-state index in [2.05, 4.69) is 27.0 Å². The number of methoxy groups -OCH3 is 2. The number of aromatic nitrogens is 1. The van der Waals surface area contributed by atoms with Crippen molar-refractivity contribution in [3.05, 3.63) is 81.1 Å². The predicted octanol–water partition coefficient (Wildman–Crippen LogP) is 3.69. The van der Waals surface area contributed by atoms with Crippen LogP contribution in [0.5, 0.6) is 11.5 Å². The van der Waals surface area contributed by atoms with Gasteiger partial charge in [-0.3, -0.25) is 34.3 Å². The second-order valence-corrected chi connectivity index (χ2v) is 18.1. The molecule has 3 unspecified atom stereocenters. The van der Waals surface area contributed by atoms with Crippen LogP contribution in [0.25, 0.3) is 26.9 Å². The summed E-state index contributed by atoms with van der Waals surface area (Å²) >= 11 is 1.10. The lowest BCUT2D eigenvalue weighted by atomic mass is 10.0. The number of likely N-dealkylation sites (tertiary alicyclic amines) is 1. The third-order valence-corrected chi connectivity index (χ3v) is 13.8. The van der Waals surface area contributed by atoms with Crippen LogP contribution in [0.1, 0.15) is 51.9 Å². The number of alkyl halides is 2. The van der Waals surface area contributed by atoms with Gasteiger partial charge in [-0.1, -0.05) is 12.6 Å². The fourth-order valence-electron chi connectivity index (χ4n) is 9.27. The molecule has 3 saturated heterocycles. The van der Waals surface area contributed by atoms with E-state index < -0.39 is 42.6 Å². The molecule has 0 spiro atoms. The quantitative estimate of drug-likeness (QED) is 0.178. The highest BCUT2D eigenvalue weighted by Crippen LogP contribution is 2.44. The molecule has 0 bridgehead atoms. The van der Waals surface area contributed by atoms with Crippen molar-refractivity contribution in [3.8, 4) is 22.6 Å². The van der Waals surface area contributed by atoms with E-state index in [1.54, 1.807) is 37.3 Å². The lowest BCUT2D eigenvalue weighted by molar-refractivity contribution is -0.139. The average molecular weight is 889 g/mol. The van der Waals surface area contributed by atoms with Crippen molar-refractivity contribution in [2.24, 2.45) is 7.05 Å². The molecule has 3 N–H and O–H groups in total. The van der Waals surface area contributed by atoms with Gasteiger partial charge in [-0.2, -0.15) is 0 Å². The van der Waals surface area contributed by atoms with Gasteiger partial charge < -0.3 is 39.2 Å². The zero-order valence-electron chi connectivity index (χ0n) is 36.2. The van der Waals surface area contributed by atoms with E-state index in [-0.39, 0.29) is 29.2 Å². The van der Waals surface area contributed by atoms with Crippen LogP contribution in [0.3, 0.4) is 0 Å². The molecule has 6 heterocycles. The zero-order chi connectivity index (χ0) is 44.9. The number of nitrogens with one attached hydrogen (secondary N) is 2. The molecule has 8 rings (SSSR count). The molecule has 3 atom stereocenters. The fraction of sp³-hybridized carbons (Fsp3) is 0.467. The van der Waals surface area contributed by atoms with Crippen molar-refractivity contribution >= 4 is 50.5 Å². The Balaban J connectivity index is 0.864. The molecule has 2 aromatic heterocycles. The first-order valence-electron chi connectivity index (χ1n) is 21.1. The van der Waals surface area contributed by atoms with Crippen molar-refractivity contribution in [2.75, 3.05) is 85.6 Å². The molecular formula is C45H54F2N8O7S. The number of carbonyl (C=O) groups is 3. The summed E-state index contributed by atoms with van der Waals surface area (Å²) in [7, 11) is 8.68. The van der Waals surface area contributed by atoms with E-state index in [9.17, 15) is 24.3 Å². The molecule has 4 aliphatic rings. The Bertz CT molecular complexity index is 2490. The maximum Gasteiger partial charge on any atom is 0.280 e. The number of aryl methyl sites for hydroxylation is 1. The Morgan fingerprint density at radius 3 is 2.33 bits per heavy atom. The van der Waals surface area contributed by atoms with Crippen LogP contribution in [-0.2, 0) is 23.2 Å². The smallest absolute Gasteiger partial charge is 0.280 e. The van der Waals surface area contributed by atoms with Crippen LogP contribution < -0.4 is 30.6 Å². The second kappa shape index (κ2) is 17.6. The van der Waals surface area contributed by atoms with Gasteiger partial charge in [0, 0.05) is 105 Å². The summed E-state index contributed by atoms with van der Waals surface area (Å²) in [5.74, 6) is -3.37. The Hall–Kier alpha value is -5.40. The predicted molar refractivity (Wildman–Crippen MR) is 237 cm³/mol. The number of imide groups is 1. The summed E-state index contributed by atoms with van der Waals surface area (Å²) in [5, 5.41) is 16.6. The van der Waals surface area contributed by atoms with Crippen molar-refractivity contribution < 1.29 is 37.7 Å². The molecule has 0 aliphatic carbocycles. The van der Waals surface area contributed by atoms with Crippen LogP contribution in [0, 0.1) is 0 Å². The lowest BCUT2D eigenvalue weighted by Gasteiger charge is -2.40. The number of amides is 3. The van der Waals surface area contributed by atoms with E-state index in [0.717, 1.165) is 46.8 Å². The highest BCUT2D eigenvalue weighted by molar-refractivity contribution is 7.21. The fourth-order valence-corrected chi connectivity index (χ4v) is 10.4. The third-order valence-electron chi connectivity index (χ3n) is 12.7. The lowest BCUT2D eigenvalue weighted by Crippen LogP contribution is -2.59. The van der Waals surface area contributed by atoms with E-state index in [1.165, 1.54) is 10.6 Å². The number of anilines is 1. The summed E-state index contributed by atoms with van der Waals surface area (Å²) in [6, 6.07) is 9.00. The number of piperidine rings is 2. The molecule has 4 aromatic rings. The number of fused-ring (bicyclic) bond motifs is 2. The molecule has 4 aliphatic heterocycles. The molecule has 2 aromatic carbocycles. The minimum absolute atomic E-state index is 0.0703. The van der Waals surface area contributed by atoms with Crippen LogP contribution in [0.15, 0.2) is 54.0 Å². The van der Waals surface area contributed by atoms with E-state index >= 15 is 8.78 Å². The van der Waals surface area contributed by atoms with E-state index in [4.69, 9.17) is 9.47 Å². The van der Waals surface area contributed by atoms with Gasteiger partial charge in [0.2, 0.25) is 11.8 Å². The van der Waals surface area contributed by atoms with Gasteiger partial charge in [0.15, 0.2) is 6.23 Å². The molecule has 3 fully saturated rings. The molecule has 0 saturated carbocycles. The number of thiophene rings is 1. The van der Waals surface area contributed by atoms with Crippen LogP contribution in [0.2, 0.25) is 0 Å². The number of pyridine rings is 1. The number of aliphatic hydroxyl groups is 1. The number of hydrogen-bond donors (Lipinski definition) is 3. The monoisotopic (exact) mass is 888 g/mol. The number of aliphatic hydroxyl groups excluding tert-OH is 1. The highest BCUT2D eigenvalue weighted by atomic mass is 32.1. The van der Waals surface area contributed by atoms with Crippen LogP contribution in [-0.4, -0.2) is 146 Å². The van der Waals surface area contributed by atoms with Crippen LogP contribution >= 0.6 is 11.3 Å². The van der Waals surface area contributed by atoms with Gasteiger partial charge in [0.1, 0.15) is 17.5 Å². The van der Waals surface area contributed by atoms with Crippen LogP contribution in [0.4, 0.5) is 14.5 Å². The third kappa shape index (κ3) is 8.66. The normalized spacial score (nSPS) is 21.9. The molecule has 3 amide bonds. The molecular weight excluding hydrogens is 835 g/mol. The Morgan fingerprint density at radius 1 is 0.984 bits per heavy atom. The molecule has 0 radical (unpaired) electrons. The zero-order valence-corrected chi connectivity index (χ0v) is 37.0. The second-order valence-electron chi connectivity index (χ2n) is 17.1. The van der Waals surface area contributed by atoms with Crippen molar-refractivity contribution in [1.82, 2.24) is 34.8 Å². The SMILES string of the molecule is C=C1c2ccc(N3CCN(CCN4CCC(NC(=O)c5cc6c(=O)n(C)cc(-c7cc(OC)c(CN(C)C)c(OC)c7)c6s5)C(F)(F)C4)CC3)cc2C(O)N1C1CCC(=O)NC1=O. The van der Waals surface area contributed by atoms with Gasteiger partial charge in [0.25, 0.3) is 17.4 Å². The Labute approximate surface area is 368 Å². The first-order valence-corrected chi connectivity index (χ1v) is 21.9. The largest absolute Gasteiger partial charge is 0.496 e. The maximum absolute atomic E-state index is 15.8. The minimum atomic E-state index is -3.18. The number of benzene rings is 2. The average Bonchev–Trinajstić information content (AvgIpc) is 3.81. The van der Waals surface area contributed by atoms with Gasteiger partial charge in [-0.05, 0) is 62.8 Å². The standard InChI is InChI=1S/C45H54F2N8O7S/c1-26-29-8-7-28(21-30(29)44(60)55(26)34-9-10-39(56)49-41(34)57)54-17-15-52(16-18-54)13-14-53-12-11-38(45(46,47)25-53)48-42(58)37-22-31-40(63-37)32(24-51(4)43(31)59)27-19-35(61-5)33(23-50(2)3)36(20-27)62-6/h7-8,19-22,24,34,38,44,60H,1,9-18,23,25H2,2-6H3,(H,48,58)(H,49,56,57). The number of rotatable bonds is 12. The number of ether oxygens (including phenoxy) is 2. The summed E-state index contributed by atoms with van der Waals surface area (Å²) in [6.45, 7) is 8.53. The summed E-state index contributed by atoms with van der Waals surface area (Å²) in [4.78, 5) is 61.2. The summed E-state index contributed by atoms with van der Waals surface area (Å²) in [5.41, 5.74) is 4.85. The summed E-state index contributed by atoms with van der Waals surface area (Å²) < 4.78 is 45.0. The first kappa shape index (κ1) is 44.2. The number of carbonyl (C=O) groups excluding carboxylic acids is 3. The first-order chi connectivity index (χ1) is 30.1. The topological polar surface area (TPSA) is 152 Å². The van der Waals surface area contributed by atoms with Gasteiger partial charge in [-0.25, -0.2) is 8.78 Å². The minimum Gasteiger partial charge on any atom is -0.496 e. The van der Waals surface area contributed by atoms with E-state index in [1.807, 2.05) is 49.3 Å². The Kier molecular flexibility index (Phi) is 12.4. The molecule has 63 heavy (non-hydrogen) atoms. The van der Waals surface area contributed by atoms with Gasteiger partial charge >= 0.3 is 0 Å². The highest BCUT2D eigenvalue weighted by Gasteiger charge is 2.46.